The predicted molar refractivity (Wildman–Crippen MR) is 81.3 cm³/mol. The van der Waals surface area contributed by atoms with Crippen molar-refractivity contribution in [3.63, 3.8) is 0 Å². The first-order valence-electron chi connectivity index (χ1n) is 6.85. The van der Waals surface area contributed by atoms with E-state index in [4.69, 9.17) is 10.2 Å². The van der Waals surface area contributed by atoms with Gasteiger partial charge in [-0.15, -0.1) is 0 Å². The summed E-state index contributed by atoms with van der Waals surface area (Å²) < 4.78 is 6.16. The largest absolute Gasteiger partial charge is 0.452 e. The normalized spacial score (nSPS) is 23.4. The third-order valence-corrected chi connectivity index (χ3v) is 4.83. The fourth-order valence-electron chi connectivity index (χ4n) is 3.12. The van der Waals surface area contributed by atoms with Crippen LogP contribution in [0.1, 0.15) is 29.4 Å². The van der Waals surface area contributed by atoms with Gasteiger partial charge in [0, 0.05) is 12.0 Å². The lowest BCUT2D eigenvalue weighted by Crippen LogP contribution is -2.41. The Morgan fingerprint density at radius 1 is 1.25 bits per heavy atom. The number of hydrogen-bond donors (Lipinski definition) is 2. The van der Waals surface area contributed by atoms with Crippen molar-refractivity contribution in [2.24, 2.45) is 11.1 Å². The van der Waals surface area contributed by atoms with Crippen molar-refractivity contribution in [2.75, 3.05) is 6.54 Å². The van der Waals surface area contributed by atoms with Gasteiger partial charge in [-0.3, -0.25) is 0 Å². The van der Waals surface area contributed by atoms with Crippen LogP contribution in [0, 0.1) is 5.41 Å². The third-order valence-electron chi connectivity index (χ3n) is 4.40. The minimum absolute atomic E-state index is 0.342. The Labute approximate surface area is 126 Å². The number of fused-ring (bicyclic) bond motifs is 1. The van der Waals surface area contributed by atoms with E-state index in [-0.39, 0.29) is 5.41 Å². The highest BCUT2D eigenvalue weighted by atomic mass is 79.9. The number of halogens is 1. The van der Waals surface area contributed by atoms with E-state index in [2.05, 4.69) is 34.1 Å². The van der Waals surface area contributed by atoms with Gasteiger partial charge >= 0.3 is 0 Å². The Morgan fingerprint density at radius 3 is 2.65 bits per heavy atom. The molecule has 1 aliphatic carbocycles. The Balaban J connectivity index is 1.93. The third kappa shape index (κ3) is 2.32. The van der Waals surface area contributed by atoms with Gasteiger partial charge in [-0.05, 0) is 58.5 Å². The van der Waals surface area contributed by atoms with Crippen molar-refractivity contribution in [1.29, 1.82) is 0 Å². The smallest absolute Gasteiger partial charge is 0.169 e. The number of rotatable bonds is 3. The number of hydrogen-bond acceptors (Lipinski definition) is 3. The zero-order valence-corrected chi connectivity index (χ0v) is 12.8. The van der Waals surface area contributed by atoms with Crippen molar-refractivity contribution in [3.8, 4) is 0 Å². The summed E-state index contributed by atoms with van der Waals surface area (Å²) in [6, 6.07) is 12.0. The number of aryl methyl sites for hydroxylation is 1. The quantitative estimate of drug-likeness (QED) is 0.905. The molecule has 3 N–H and O–H groups in total. The fraction of sp³-hybridized carbons (Fsp3) is 0.375. The van der Waals surface area contributed by atoms with E-state index in [9.17, 15) is 5.11 Å². The van der Waals surface area contributed by atoms with Gasteiger partial charge in [0.2, 0.25) is 0 Å². The average molecular weight is 336 g/mol. The summed E-state index contributed by atoms with van der Waals surface area (Å²) in [5, 5.41) is 10.7. The summed E-state index contributed by atoms with van der Waals surface area (Å²) >= 11 is 3.28. The molecule has 0 amide bonds. The van der Waals surface area contributed by atoms with Gasteiger partial charge in [0.25, 0.3) is 0 Å². The van der Waals surface area contributed by atoms with E-state index in [1.165, 1.54) is 11.1 Å². The van der Waals surface area contributed by atoms with E-state index >= 15 is 0 Å². The summed E-state index contributed by atoms with van der Waals surface area (Å²) in [7, 11) is 0. The maximum Gasteiger partial charge on any atom is 0.169 e. The first-order valence-corrected chi connectivity index (χ1v) is 7.64. The van der Waals surface area contributed by atoms with Crippen LogP contribution >= 0.6 is 15.9 Å². The lowest BCUT2D eigenvalue weighted by molar-refractivity contribution is 0.00182. The number of furan rings is 1. The molecular weight excluding hydrogens is 318 g/mol. The second-order valence-corrected chi connectivity index (χ2v) is 6.34. The maximum atomic E-state index is 10.7. The van der Waals surface area contributed by atoms with Crippen molar-refractivity contribution in [2.45, 2.75) is 25.4 Å². The monoisotopic (exact) mass is 335 g/mol. The summed E-state index contributed by atoms with van der Waals surface area (Å²) in [6.45, 7) is 0.445. The molecule has 3 rings (SSSR count). The molecule has 3 nitrogen and oxygen atoms in total. The molecule has 0 saturated heterocycles. The summed E-state index contributed by atoms with van der Waals surface area (Å²) in [5.41, 5.74) is 8.34. The molecule has 2 atom stereocenters. The van der Waals surface area contributed by atoms with Crippen molar-refractivity contribution in [3.05, 3.63) is 58.0 Å². The van der Waals surface area contributed by atoms with E-state index in [0.29, 0.717) is 17.0 Å². The number of aliphatic hydroxyl groups excluding tert-OH is 1. The topological polar surface area (TPSA) is 59.4 Å². The van der Waals surface area contributed by atoms with Crippen molar-refractivity contribution >= 4 is 15.9 Å². The number of benzene rings is 1. The molecule has 1 aromatic carbocycles. The molecule has 0 aliphatic heterocycles. The van der Waals surface area contributed by atoms with Crippen LogP contribution in [0.2, 0.25) is 0 Å². The molecule has 0 fully saturated rings. The molecule has 0 spiro atoms. The molecule has 106 valence electrons. The van der Waals surface area contributed by atoms with Gasteiger partial charge in [-0.25, -0.2) is 0 Å². The Morgan fingerprint density at radius 2 is 2.00 bits per heavy atom. The fourth-order valence-corrected chi connectivity index (χ4v) is 3.44. The van der Waals surface area contributed by atoms with Crippen LogP contribution in [0.15, 0.2) is 45.5 Å². The van der Waals surface area contributed by atoms with E-state index in [1.54, 1.807) is 6.07 Å². The molecule has 20 heavy (non-hydrogen) atoms. The van der Waals surface area contributed by atoms with Crippen LogP contribution in [0.25, 0.3) is 0 Å². The molecule has 0 radical (unpaired) electrons. The minimum Gasteiger partial charge on any atom is -0.452 e. The van der Waals surface area contributed by atoms with Gasteiger partial charge in [0.1, 0.15) is 11.9 Å². The maximum absolute atomic E-state index is 10.7. The second kappa shape index (κ2) is 5.35. The molecule has 1 aliphatic rings. The molecule has 0 bridgehead atoms. The molecule has 1 aromatic heterocycles. The van der Waals surface area contributed by atoms with Crippen LogP contribution in [0.3, 0.4) is 0 Å². The molecule has 1 heterocycles. The van der Waals surface area contributed by atoms with E-state index in [0.717, 1.165) is 19.3 Å². The number of aliphatic hydroxyl groups is 1. The highest BCUT2D eigenvalue weighted by Gasteiger charge is 2.41. The zero-order valence-electron chi connectivity index (χ0n) is 11.2. The Bertz CT molecular complexity index is 610. The molecular formula is C16H18BrNO2. The molecule has 0 saturated carbocycles. The van der Waals surface area contributed by atoms with E-state index < -0.39 is 6.10 Å². The average Bonchev–Trinajstić information content (AvgIpc) is 2.92. The van der Waals surface area contributed by atoms with Crippen molar-refractivity contribution in [1.82, 2.24) is 0 Å². The molecule has 4 heteroatoms. The van der Waals surface area contributed by atoms with Gasteiger partial charge < -0.3 is 15.3 Å². The molecule has 2 aromatic rings. The van der Waals surface area contributed by atoms with Crippen LogP contribution in [0.4, 0.5) is 0 Å². The predicted octanol–water partition coefficient (Wildman–Crippen LogP) is 3.21. The van der Waals surface area contributed by atoms with E-state index in [1.807, 2.05) is 12.1 Å². The lowest BCUT2D eigenvalue weighted by atomic mass is 9.67. The van der Waals surface area contributed by atoms with Gasteiger partial charge in [-0.1, -0.05) is 24.3 Å². The van der Waals surface area contributed by atoms with Crippen LogP contribution in [-0.4, -0.2) is 11.7 Å². The minimum atomic E-state index is -0.674. The SMILES string of the molecule is NCC1(C(O)c2ccc(Br)o2)CCc2ccccc2C1. The van der Waals surface area contributed by atoms with Gasteiger partial charge in [0.15, 0.2) is 4.67 Å². The van der Waals surface area contributed by atoms with Crippen LogP contribution < -0.4 is 5.73 Å². The summed E-state index contributed by atoms with van der Waals surface area (Å²) in [5.74, 6) is 0.585. The summed E-state index contributed by atoms with van der Waals surface area (Å²) in [6.07, 6.45) is 1.94. The first kappa shape index (κ1) is 13.9. The highest BCUT2D eigenvalue weighted by molar-refractivity contribution is 9.10. The highest BCUT2D eigenvalue weighted by Crippen LogP contribution is 2.44. The number of nitrogens with two attached hydrogens (primary N) is 1. The molecule has 2 unspecified atom stereocenters. The van der Waals surface area contributed by atoms with Crippen LogP contribution in [-0.2, 0) is 12.8 Å². The summed E-state index contributed by atoms with van der Waals surface area (Å²) in [4.78, 5) is 0. The van der Waals surface area contributed by atoms with Gasteiger partial charge in [0.05, 0.1) is 0 Å². The Hall–Kier alpha value is -1.10. The van der Waals surface area contributed by atoms with Crippen molar-refractivity contribution < 1.29 is 9.52 Å². The lowest BCUT2D eigenvalue weighted by Gasteiger charge is -2.40. The standard InChI is InChI=1S/C16H18BrNO2/c17-14-6-5-13(20-14)15(19)16(10-18)8-7-11-3-1-2-4-12(11)9-16/h1-6,15,19H,7-10,18H2. The zero-order chi connectivity index (χ0) is 14.2. The van der Waals surface area contributed by atoms with Crippen LogP contribution in [0.5, 0.6) is 0 Å². The Kier molecular flexibility index (Phi) is 3.71. The van der Waals surface area contributed by atoms with Gasteiger partial charge in [-0.2, -0.15) is 0 Å². The first-order chi connectivity index (χ1) is 9.64. The second-order valence-electron chi connectivity index (χ2n) is 5.56.